The molecule has 0 aliphatic heterocycles. The van der Waals surface area contributed by atoms with Crippen LogP contribution in [0.15, 0.2) is 140 Å². The average molecular weight is 509 g/mol. The van der Waals surface area contributed by atoms with Crippen molar-refractivity contribution in [2.45, 2.75) is 0 Å². The highest BCUT2D eigenvalue weighted by molar-refractivity contribution is 6.15. The highest BCUT2D eigenvalue weighted by Gasteiger charge is 2.16. The minimum absolute atomic E-state index is 1.17. The summed E-state index contributed by atoms with van der Waals surface area (Å²) in [4.78, 5) is 3.56. The molecule has 2 nitrogen and oxygen atoms in total. The van der Waals surface area contributed by atoms with Crippen molar-refractivity contribution in [1.29, 1.82) is 0 Å². The second-order valence-electron chi connectivity index (χ2n) is 10.7. The molecule has 9 aromatic rings. The molecule has 1 N–H and O–H groups in total. The molecule has 0 radical (unpaired) electrons. The van der Waals surface area contributed by atoms with E-state index >= 15 is 0 Å². The minimum Gasteiger partial charge on any atom is -0.355 e. The number of benzene rings is 7. The zero-order valence-electron chi connectivity index (χ0n) is 21.7. The molecule has 0 spiro atoms. The fourth-order valence-electron chi connectivity index (χ4n) is 6.66. The Bertz CT molecular complexity index is 2440. The Morgan fingerprint density at radius 1 is 0.375 bits per heavy atom. The molecule has 0 atom stereocenters. The van der Waals surface area contributed by atoms with Crippen LogP contribution in [-0.4, -0.2) is 9.55 Å². The summed E-state index contributed by atoms with van der Waals surface area (Å²) in [6.07, 6.45) is 0. The smallest absolute Gasteiger partial charge is 0.0547 e. The van der Waals surface area contributed by atoms with Crippen LogP contribution in [0, 0.1) is 0 Å². The van der Waals surface area contributed by atoms with Crippen LogP contribution < -0.4 is 0 Å². The van der Waals surface area contributed by atoms with Crippen molar-refractivity contribution in [3.63, 3.8) is 0 Å². The Kier molecular flexibility index (Phi) is 4.36. The molecular weight excluding hydrogens is 484 g/mol. The van der Waals surface area contributed by atoms with E-state index in [1.165, 1.54) is 82.0 Å². The van der Waals surface area contributed by atoms with Gasteiger partial charge in [-0.1, -0.05) is 103 Å². The first kappa shape index (κ1) is 21.6. The van der Waals surface area contributed by atoms with Gasteiger partial charge in [-0.2, -0.15) is 0 Å². The van der Waals surface area contributed by atoms with E-state index in [2.05, 4.69) is 149 Å². The number of H-pyrrole nitrogens is 1. The summed E-state index contributed by atoms with van der Waals surface area (Å²) in [5.41, 5.74) is 8.44. The molecule has 2 aromatic heterocycles. The van der Waals surface area contributed by atoms with E-state index in [1.807, 2.05) is 0 Å². The Hall–Kier alpha value is -5.34. The second kappa shape index (κ2) is 8.08. The van der Waals surface area contributed by atoms with Gasteiger partial charge in [0.1, 0.15) is 0 Å². The van der Waals surface area contributed by atoms with Crippen molar-refractivity contribution >= 4 is 65.2 Å². The molecule has 0 saturated heterocycles. The third kappa shape index (κ3) is 2.99. The van der Waals surface area contributed by atoms with Crippen LogP contribution in [-0.2, 0) is 0 Å². The van der Waals surface area contributed by atoms with E-state index in [0.717, 1.165) is 0 Å². The molecular formula is C38H24N2. The number of aromatic nitrogens is 2. The molecule has 0 bridgehead atoms. The molecule has 2 heteroatoms. The lowest BCUT2D eigenvalue weighted by Crippen LogP contribution is -1.96. The monoisotopic (exact) mass is 508 g/mol. The topological polar surface area (TPSA) is 20.7 Å². The summed E-state index contributed by atoms with van der Waals surface area (Å²) in [6, 6.07) is 50.9. The van der Waals surface area contributed by atoms with E-state index in [4.69, 9.17) is 0 Å². The molecule has 9 rings (SSSR count). The maximum atomic E-state index is 3.56. The number of aromatic amines is 1. The van der Waals surface area contributed by atoms with Crippen molar-refractivity contribution < 1.29 is 0 Å². The molecule has 0 aliphatic carbocycles. The molecule has 186 valence electrons. The van der Waals surface area contributed by atoms with Crippen LogP contribution >= 0.6 is 0 Å². The van der Waals surface area contributed by atoms with Gasteiger partial charge in [0.2, 0.25) is 0 Å². The predicted octanol–water partition coefficient (Wildman–Crippen LogP) is 10.4. The molecule has 0 unspecified atom stereocenters. The van der Waals surface area contributed by atoms with Gasteiger partial charge in [-0.25, -0.2) is 0 Å². The lowest BCUT2D eigenvalue weighted by Gasteiger charge is -2.14. The van der Waals surface area contributed by atoms with Crippen molar-refractivity contribution in [1.82, 2.24) is 9.55 Å². The van der Waals surface area contributed by atoms with Crippen molar-refractivity contribution in [3.05, 3.63) is 140 Å². The van der Waals surface area contributed by atoms with Gasteiger partial charge in [-0.3, -0.25) is 0 Å². The summed E-state index contributed by atoms with van der Waals surface area (Å²) in [5, 5.41) is 10.1. The fraction of sp³-hybridized carbons (Fsp3) is 0. The molecule has 40 heavy (non-hydrogen) atoms. The lowest BCUT2D eigenvalue weighted by atomic mass is 9.99. The Balaban J connectivity index is 1.36. The number of hydrogen-bond acceptors (Lipinski definition) is 0. The number of para-hydroxylation sites is 2. The number of nitrogens with one attached hydrogen (secondary N) is 1. The Morgan fingerprint density at radius 2 is 1.00 bits per heavy atom. The minimum atomic E-state index is 1.17. The standard InChI is InChI=1S/C38H24N2/c1-2-10-27-26(9-1)23-38(30-13-4-3-11-28(27)30)40-36-16-8-6-14-31(36)32-19-17-25(22-37(32)40)24-18-20-35-33(21-24)29-12-5-7-15-34(29)39-35/h1-23,39H. The van der Waals surface area contributed by atoms with E-state index in [1.54, 1.807) is 0 Å². The van der Waals surface area contributed by atoms with E-state index in [9.17, 15) is 0 Å². The van der Waals surface area contributed by atoms with E-state index in [-0.39, 0.29) is 0 Å². The van der Waals surface area contributed by atoms with Gasteiger partial charge in [-0.05, 0) is 63.7 Å². The lowest BCUT2D eigenvalue weighted by molar-refractivity contribution is 1.20. The third-order valence-corrected chi connectivity index (χ3v) is 8.50. The largest absolute Gasteiger partial charge is 0.355 e. The first-order chi connectivity index (χ1) is 19.8. The quantitative estimate of drug-likeness (QED) is 0.224. The van der Waals surface area contributed by atoms with Crippen LogP contribution in [0.2, 0.25) is 0 Å². The first-order valence-corrected chi connectivity index (χ1v) is 13.8. The summed E-state index contributed by atoms with van der Waals surface area (Å²) < 4.78 is 2.47. The van der Waals surface area contributed by atoms with Crippen molar-refractivity contribution in [2.75, 3.05) is 0 Å². The number of fused-ring (bicyclic) bond motifs is 9. The number of nitrogens with zero attached hydrogens (tertiary/aromatic N) is 1. The van der Waals surface area contributed by atoms with Crippen molar-refractivity contribution in [3.8, 4) is 16.8 Å². The second-order valence-corrected chi connectivity index (χ2v) is 10.7. The van der Waals surface area contributed by atoms with Gasteiger partial charge in [0.05, 0.1) is 16.7 Å². The molecule has 0 aliphatic rings. The van der Waals surface area contributed by atoms with Gasteiger partial charge in [0.15, 0.2) is 0 Å². The van der Waals surface area contributed by atoms with Gasteiger partial charge in [0, 0.05) is 38.0 Å². The number of hydrogen-bond donors (Lipinski definition) is 1. The average Bonchev–Trinajstić information content (AvgIpc) is 3.55. The summed E-state index contributed by atoms with van der Waals surface area (Å²) in [7, 11) is 0. The van der Waals surface area contributed by atoms with Crippen LogP contribution in [0.3, 0.4) is 0 Å². The van der Waals surface area contributed by atoms with E-state index < -0.39 is 0 Å². The summed E-state index contributed by atoms with van der Waals surface area (Å²) in [5.74, 6) is 0. The van der Waals surface area contributed by atoms with Gasteiger partial charge >= 0.3 is 0 Å². The maximum absolute atomic E-state index is 3.56. The van der Waals surface area contributed by atoms with Crippen LogP contribution in [0.5, 0.6) is 0 Å². The SMILES string of the molecule is c1ccc2c(c1)cc(-n1c3ccccc3c3ccc(-c4ccc5[nH]c6ccccc6c5c4)cc31)c1ccccc12. The van der Waals surface area contributed by atoms with Crippen molar-refractivity contribution in [2.24, 2.45) is 0 Å². The zero-order valence-corrected chi connectivity index (χ0v) is 21.7. The van der Waals surface area contributed by atoms with Gasteiger partial charge in [-0.15, -0.1) is 0 Å². The first-order valence-electron chi connectivity index (χ1n) is 13.8. The third-order valence-electron chi connectivity index (χ3n) is 8.50. The van der Waals surface area contributed by atoms with Gasteiger partial charge in [0.25, 0.3) is 0 Å². The van der Waals surface area contributed by atoms with Crippen LogP contribution in [0.1, 0.15) is 0 Å². The van der Waals surface area contributed by atoms with Gasteiger partial charge < -0.3 is 9.55 Å². The van der Waals surface area contributed by atoms with E-state index in [0.29, 0.717) is 0 Å². The molecule has 0 fully saturated rings. The Labute approximate surface area is 230 Å². The maximum Gasteiger partial charge on any atom is 0.0547 e. The molecule has 7 aromatic carbocycles. The fourth-order valence-corrected chi connectivity index (χ4v) is 6.66. The molecule has 0 saturated carbocycles. The summed E-state index contributed by atoms with van der Waals surface area (Å²) in [6.45, 7) is 0. The Morgan fingerprint density at radius 3 is 1.90 bits per heavy atom. The zero-order chi connectivity index (χ0) is 26.2. The predicted molar refractivity (Wildman–Crippen MR) is 171 cm³/mol. The molecule has 2 heterocycles. The number of rotatable bonds is 2. The molecule has 0 amide bonds. The highest BCUT2D eigenvalue weighted by atomic mass is 15.0. The normalized spacial score (nSPS) is 12.0. The summed E-state index contributed by atoms with van der Waals surface area (Å²) >= 11 is 0. The highest BCUT2D eigenvalue weighted by Crippen LogP contribution is 2.39. The van der Waals surface area contributed by atoms with Crippen LogP contribution in [0.4, 0.5) is 0 Å². The van der Waals surface area contributed by atoms with Crippen LogP contribution in [0.25, 0.3) is 82.0 Å².